The van der Waals surface area contributed by atoms with Crippen molar-refractivity contribution in [3.8, 4) is 0 Å². The van der Waals surface area contributed by atoms with Crippen LogP contribution in [0.4, 0.5) is 4.39 Å². The van der Waals surface area contributed by atoms with Crippen LogP contribution in [0.1, 0.15) is 16.2 Å². The van der Waals surface area contributed by atoms with Crippen LogP contribution < -0.4 is 0 Å². The number of benzene rings is 1. The average Bonchev–Trinajstić information content (AvgIpc) is 2.71. The second-order valence-electron chi connectivity index (χ2n) is 3.27. The van der Waals surface area contributed by atoms with Crippen molar-refractivity contribution in [3.63, 3.8) is 0 Å². The highest BCUT2D eigenvalue weighted by Crippen LogP contribution is 2.16. The van der Waals surface area contributed by atoms with Crippen LogP contribution in [0.3, 0.4) is 0 Å². The van der Waals surface area contributed by atoms with Gasteiger partial charge in [-0.25, -0.2) is 9.37 Å². The molecule has 0 bridgehead atoms. The Morgan fingerprint density at radius 1 is 1.50 bits per heavy atom. The summed E-state index contributed by atoms with van der Waals surface area (Å²) in [5.74, 6) is -0.00637. The number of imidazole rings is 1. The lowest BCUT2D eigenvalue weighted by atomic mass is 10.2. The van der Waals surface area contributed by atoms with Gasteiger partial charge in [0.1, 0.15) is 5.82 Å². The first kappa shape index (κ1) is 11.0. The fourth-order valence-electron chi connectivity index (χ4n) is 1.42. The molecule has 82 valence electrons. The third kappa shape index (κ3) is 2.19. The summed E-state index contributed by atoms with van der Waals surface area (Å²) in [6.45, 7) is 0.291. The van der Waals surface area contributed by atoms with Crippen LogP contribution in [0, 0.1) is 5.82 Å². The summed E-state index contributed by atoms with van der Waals surface area (Å²) < 4.78 is 15.9. The molecule has 16 heavy (non-hydrogen) atoms. The first-order valence-electron chi connectivity index (χ1n) is 4.61. The molecule has 3 nitrogen and oxygen atoms in total. The van der Waals surface area contributed by atoms with Gasteiger partial charge in [0, 0.05) is 22.4 Å². The maximum Gasteiger partial charge on any atom is 0.185 e. The van der Waals surface area contributed by atoms with Gasteiger partial charge in [0.15, 0.2) is 12.1 Å². The van der Waals surface area contributed by atoms with Gasteiger partial charge in [0.25, 0.3) is 0 Å². The largest absolute Gasteiger partial charge is 0.324 e. The van der Waals surface area contributed by atoms with E-state index in [9.17, 15) is 9.18 Å². The molecular formula is C11H8BrFN2O. The van der Waals surface area contributed by atoms with E-state index in [1.165, 1.54) is 12.3 Å². The van der Waals surface area contributed by atoms with Crippen molar-refractivity contribution in [1.82, 2.24) is 9.55 Å². The van der Waals surface area contributed by atoms with Crippen LogP contribution in [0.15, 0.2) is 35.1 Å². The number of hydrogen-bond donors (Lipinski definition) is 0. The lowest BCUT2D eigenvalue weighted by Crippen LogP contribution is -2.05. The SMILES string of the molecule is O=Cc1nccn1Cc1cc(Br)ccc1F. The molecule has 2 rings (SSSR count). The van der Waals surface area contributed by atoms with Crippen molar-refractivity contribution in [2.45, 2.75) is 6.54 Å². The molecule has 0 N–H and O–H groups in total. The lowest BCUT2D eigenvalue weighted by molar-refractivity contribution is 0.111. The minimum Gasteiger partial charge on any atom is -0.324 e. The summed E-state index contributed by atoms with van der Waals surface area (Å²) in [5.41, 5.74) is 0.510. The number of halogens is 2. The number of aldehydes is 1. The zero-order valence-corrected chi connectivity index (χ0v) is 9.82. The quantitative estimate of drug-likeness (QED) is 0.812. The van der Waals surface area contributed by atoms with E-state index in [1.54, 1.807) is 22.9 Å². The summed E-state index contributed by atoms with van der Waals surface area (Å²) >= 11 is 3.27. The minimum atomic E-state index is -0.297. The van der Waals surface area contributed by atoms with Crippen LogP contribution in [-0.4, -0.2) is 15.8 Å². The topological polar surface area (TPSA) is 34.9 Å². The predicted octanol–water partition coefficient (Wildman–Crippen LogP) is 2.65. The summed E-state index contributed by atoms with van der Waals surface area (Å²) in [6.07, 6.45) is 3.81. The van der Waals surface area contributed by atoms with E-state index in [0.29, 0.717) is 24.2 Å². The second-order valence-corrected chi connectivity index (χ2v) is 4.18. The first-order chi connectivity index (χ1) is 7.70. The van der Waals surface area contributed by atoms with Gasteiger partial charge in [-0.15, -0.1) is 0 Å². The highest BCUT2D eigenvalue weighted by Gasteiger charge is 2.06. The van der Waals surface area contributed by atoms with Crippen molar-refractivity contribution in [2.24, 2.45) is 0 Å². The third-order valence-electron chi connectivity index (χ3n) is 2.20. The highest BCUT2D eigenvalue weighted by atomic mass is 79.9. The Morgan fingerprint density at radius 3 is 3.06 bits per heavy atom. The van der Waals surface area contributed by atoms with Gasteiger partial charge in [0.05, 0.1) is 6.54 Å². The van der Waals surface area contributed by atoms with E-state index in [0.717, 1.165) is 4.47 Å². The van der Waals surface area contributed by atoms with Gasteiger partial charge in [-0.05, 0) is 18.2 Å². The molecule has 0 atom stereocenters. The molecule has 1 aromatic carbocycles. The first-order valence-corrected chi connectivity index (χ1v) is 5.40. The van der Waals surface area contributed by atoms with E-state index >= 15 is 0 Å². The van der Waals surface area contributed by atoms with Gasteiger partial charge in [-0.2, -0.15) is 0 Å². The van der Waals surface area contributed by atoms with E-state index < -0.39 is 0 Å². The number of carbonyl (C=O) groups is 1. The number of nitrogens with zero attached hydrogens (tertiary/aromatic N) is 2. The molecule has 0 unspecified atom stereocenters. The summed E-state index contributed by atoms with van der Waals surface area (Å²) in [6, 6.07) is 4.70. The van der Waals surface area contributed by atoms with Crippen molar-refractivity contribution in [1.29, 1.82) is 0 Å². The Hall–Kier alpha value is -1.49. The Morgan fingerprint density at radius 2 is 2.31 bits per heavy atom. The Labute approximate surface area is 100 Å². The molecule has 0 radical (unpaired) electrons. The number of rotatable bonds is 3. The van der Waals surface area contributed by atoms with E-state index in [2.05, 4.69) is 20.9 Å². The monoisotopic (exact) mass is 282 g/mol. The second kappa shape index (κ2) is 4.57. The molecule has 0 aliphatic heterocycles. The smallest absolute Gasteiger partial charge is 0.185 e. The normalized spacial score (nSPS) is 10.4. The zero-order valence-electron chi connectivity index (χ0n) is 8.23. The Balaban J connectivity index is 2.33. The molecule has 0 amide bonds. The van der Waals surface area contributed by atoms with Gasteiger partial charge < -0.3 is 4.57 Å². The van der Waals surface area contributed by atoms with E-state index in [4.69, 9.17) is 0 Å². The predicted molar refractivity (Wildman–Crippen MR) is 60.8 cm³/mol. The number of carbonyl (C=O) groups excluding carboxylic acids is 1. The van der Waals surface area contributed by atoms with Crippen molar-refractivity contribution in [2.75, 3.05) is 0 Å². The molecule has 0 fully saturated rings. The molecule has 2 aromatic rings. The van der Waals surface area contributed by atoms with E-state index in [1.807, 2.05) is 0 Å². The Bertz CT molecular complexity index is 524. The molecular weight excluding hydrogens is 275 g/mol. The molecule has 0 aliphatic rings. The van der Waals surface area contributed by atoms with E-state index in [-0.39, 0.29) is 5.82 Å². The maximum absolute atomic E-state index is 13.5. The molecule has 0 aliphatic carbocycles. The van der Waals surface area contributed by atoms with Gasteiger partial charge in [0.2, 0.25) is 0 Å². The zero-order chi connectivity index (χ0) is 11.5. The highest BCUT2D eigenvalue weighted by molar-refractivity contribution is 9.10. The van der Waals surface area contributed by atoms with Gasteiger partial charge in [-0.1, -0.05) is 15.9 Å². The molecule has 0 spiro atoms. The fraction of sp³-hybridized carbons (Fsp3) is 0.0909. The molecule has 0 saturated carbocycles. The van der Waals surface area contributed by atoms with Crippen molar-refractivity contribution in [3.05, 3.63) is 52.3 Å². The Kier molecular flexibility index (Phi) is 3.14. The number of hydrogen-bond acceptors (Lipinski definition) is 2. The third-order valence-corrected chi connectivity index (χ3v) is 2.69. The summed E-state index contributed by atoms with van der Waals surface area (Å²) in [7, 11) is 0. The van der Waals surface area contributed by atoms with Crippen LogP contribution in [-0.2, 0) is 6.54 Å². The lowest BCUT2D eigenvalue weighted by Gasteiger charge is -2.06. The standard InChI is InChI=1S/C11H8BrFN2O/c12-9-1-2-10(13)8(5-9)6-15-4-3-14-11(15)7-16/h1-5,7H,6H2. The molecule has 1 heterocycles. The van der Waals surface area contributed by atoms with Crippen LogP contribution in [0.2, 0.25) is 0 Å². The van der Waals surface area contributed by atoms with Crippen LogP contribution >= 0.6 is 15.9 Å². The van der Waals surface area contributed by atoms with Gasteiger partial charge in [-0.3, -0.25) is 4.79 Å². The molecule has 5 heteroatoms. The van der Waals surface area contributed by atoms with Crippen LogP contribution in [0.5, 0.6) is 0 Å². The van der Waals surface area contributed by atoms with Crippen molar-refractivity contribution < 1.29 is 9.18 Å². The maximum atomic E-state index is 13.5. The number of aromatic nitrogens is 2. The average molecular weight is 283 g/mol. The summed E-state index contributed by atoms with van der Waals surface area (Å²) in [4.78, 5) is 14.5. The molecule has 0 saturated heterocycles. The minimum absolute atomic E-state index is 0.291. The fourth-order valence-corrected chi connectivity index (χ4v) is 1.83. The van der Waals surface area contributed by atoms with Crippen molar-refractivity contribution >= 4 is 22.2 Å². The van der Waals surface area contributed by atoms with Gasteiger partial charge >= 0.3 is 0 Å². The summed E-state index contributed by atoms with van der Waals surface area (Å²) in [5, 5.41) is 0. The van der Waals surface area contributed by atoms with Crippen LogP contribution in [0.25, 0.3) is 0 Å². The molecule has 1 aromatic heterocycles.